The van der Waals surface area contributed by atoms with Crippen LogP contribution in [-0.4, -0.2) is 5.78 Å². The van der Waals surface area contributed by atoms with E-state index >= 15 is 0 Å². The van der Waals surface area contributed by atoms with Crippen LogP contribution in [0.1, 0.15) is 13.8 Å². The van der Waals surface area contributed by atoms with Gasteiger partial charge in [0.15, 0.2) is 5.78 Å². The first-order valence-electron chi connectivity index (χ1n) is 1.99. The van der Waals surface area contributed by atoms with Crippen LogP contribution >= 0.6 is 0 Å². The van der Waals surface area contributed by atoms with Gasteiger partial charge >= 0.3 is 22.4 Å². The Morgan fingerprint density at radius 2 is 1.33 bits per heavy atom. The van der Waals surface area contributed by atoms with Crippen molar-refractivity contribution in [2.24, 2.45) is 0 Å². The van der Waals surface area contributed by atoms with Crippen LogP contribution in [0.5, 0.6) is 0 Å². The van der Waals surface area contributed by atoms with Gasteiger partial charge in [0.2, 0.25) is 0 Å². The number of carbonyl (C=O) groups is 1. The fourth-order valence-electron chi connectivity index (χ4n) is 0.286. The van der Waals surface area contributed by atoms with Gasteiger partial charge in [-0.25, -0.2) is 0 Å². The molecule has 0 heterocycles. The Labute approximate surface area is 83.0 Å². The molecule has 0 aromatic rings. The minimum absolute atomic E-state index is 0. The number of ketones is 1. The van der Waals surface area contributed by atoms with E-state index in [0.717, 1.165) is 6.08 Å². The average molecular weight is 356 g/mol. The van der Waals surface area contributed by atoms with Crippen molar-refractivity contribution in [1.29, 1.82) is 0 Å². The molecule has 0 atom stereocenters. The second kappa shape index (κ2) is 22.4. The zero-order valence-corrected chi connectivity index (χ0v) is 9.57. The van der Waals surface area contributed by atoms with E-state index in [1.54, 1.807) is 0 Å². The van der Waals surface area contributed by atoms with Gasteiger partial charge in [-0.15, -0.1) is 5.76 Å². The Morgan fingerprint density at radius 1 is 1.08 bits per heavy atom. The molecule has 12 heavy (non-hydrogen) atoms. The van der Waals surface area contributed by atoms with Gasteiger partial charge in [0, 0.05) is 0 Å². The van der Waals surface area contributed by atoms with Crippen LogP contribution in [-0.2, 0) is 27.2 Å². The predicted molar refractivity (Wildman–Crippen MR) is 24.4 cm³/mol. The van der Waals surface area contributed by atoms with Crippen molar-refractivity contribution in [3.05, 3.63) is 11.8 Å². The van der Waals surface area contributed by atoms with Gasteiger partial charge in [0.1, 0.15) is 0 Å². The average Bonchev–Trinajstić information content (AvgIpc) is 1.27. The Bertz CT molecular complexity index is 114. The fraction of sp³-hybridized carbons (Fsp3) is 0.400. The summed E-state index contributed by atoms with van der Waals surface area (Å²) >= 11 is 0. The van der Waals surface area contributed by atoms with E-state index in [4.69, 9.17) is 0 Å². The molecule has 0 rings (SSSR count). The quantitative estimate of drug-likeness (QED) is 0.266. The van der Waals surface area contributed by atoms with E-state index in [1.807, 2.05) is 0 Å². The topological polar surface area (TPSA) is 40.1 Å². The molecule has 0 aliphatic rings. The summed E-state index contributed by atoms with van der Waals surface area (Å²) in [7, 11) is 0. The molecule has 0 bridgehead atoms. The van der Waals surface area contributed by atoms with Crippen LogP contribution in [0.4, 0.5) is 0 Å². The molecule has 0 saturated heterocycles. The van der Waals surface area contributed by atoms with Gasteiger partial charge in [0.25, 0.3) is 0 Å². The Balaban J connectivity index is -0.0000000180. The van der Waals surface area contributed by atoms with Crippen molar-refractivity contribution < 1.29 is 51.1 Å². The number of allylic oxidation sites excluding steroid dienone is 2. The third-order valence-electron chi connectivity index (χ3n) is 0.407. The number of hydrogen-bond donors (Lipinski definition) is 0. The second-order valence-electron chi connectivity index (χ2n) is 1.37. The predicted octanol–water partition coefficient (Wildman–Crippen LogP) is -12.1. The smallest absolute Gasteiger partial charge is 1.00 e. The first-order valence-corrected chi connectivity index (χ1v) is 1.99. The maximum atomic E-state index is 9.98. The monoisotopic (exact) mass is 356 g/mol. The van der Waals surface area contributed by atoms with Crippen molar-refractivity contribution in [2.45, 2.75) is 13.8 Å². The van der Waals surface area contributed by atoms with Crippen LogP contribution in [0.3, 0.4) is 0 Å². The van der Waals surface area contributed by atoms with Crippen LogP contribution in [0.25, 0.3) is 0 Å². The zero-order valence-electron chi connectivity index (χ0n) is 6.35. The summed E-state index contributed by atoms with van der Waals surface area (Å²) in [5.74, 6) is -0.375. The van der Waals surface area contributed by atoms with Gasteiger partial charge in [-0.3, -0.25) is 4.79 Å². The summed E-state index contributed by atoms with van der Waals surface area (Å²) in [6.45, 7) is 2.70. The summed E-state index contributed by atoms with van der Waals surface area (Å²) in [5.41, 5.74) is 0. The van der Waals surface area contributed by atoms with Crippen LogP contribution in [0.15, 0.2) is 11.8 Å². The van der Waals surface area contributed by atoms with E-state index in [2.05, 4.69) is 0 Å². The molecule has 0 aromatic carbocycles. The van der Waals surface area contributed by atoms with Crippen molar-refractivity contribution in [3.63, 3.8) is 0 Å². The van der Waals surface area contributed by atoms with E-state index in [9.17, 15) is 9.90 Å². The number of halogens is 4. The molecule has 0 amide bonds. The molecule has 0 fully saturated rings. The van der Waals surface area contributed by atoms with Crippen molar-refractivity contribution in [2.75, 3.05) is 0 Å². The van der Waals surface area contributed by atoms with Gasteiger partial charge in [-0.1, -0.05) is 6.92 Å². The van der Waals surface area contributed by atoms with E-state index in [-0.39, 0.29) is 52.7 Å². The molecule has 0 radical (unpaired) electrons. The number of carbonyl (C=O) groups excluding carboxylic acids is 1. The summed E-state index contributed by atoms with van der Waals surface area (Å²) < 4.78 is 0. The molecular formula is C5H7F4O2Ta. The second-order valence-corrected chi connectivity index (χ2v) is 1.37. The normalized spacial score (nSPS) is 6.67. The molecule has 0 spiro atoms. The van der Waals surface area contributed by atoms with Crippen molar-refractivity contribution in [1.82, 2.24) is 0 Å². The van der Waals surface area contributed by atoms with Crippen LogP contribution in [0.2, 0.25) is 0 Å². The first kappa shape index (κ1) is 41.3. The van der Waals surface area contributed by atoms with Crippen molar-refractivity contribution in [3.8, 4) is 0 Å². The van der Waals surface area contributed by atoms with Crippen LogP contribution < -0.4 is 23.9 Å². The van der Waals surface area contributed by atoms with Crippen LogP contribution in [0, 0.1) is 0 Å². The molecule has 7 heteroatoms. The molecule has 0 aliphatic heterocycles. The first-order chi connectivity index (χ1) is 3.13. The maximum Gasteiger partial charge on any atom is 5.00 e. The SMILES string of the molecule is CC(=O)/C=C(/C)[O-].[F-].[F-].[F-].[F-].[Ta+5]. The molecule has 0 N–H and O–H groups in total. The standard InChI is InChI=1S/C5H8O2.4FH.Ta/c1-4(6)3-5(2)7;;;;;/h3,6H,1-2H3;4*1H;/q;;;;;+5/p-5/b4-3-;;;;;. The third kappa shape index (κ3) is 54.0. The molecule has 0 unspecified atom stereocenters. The zero-order chi connectivity index (χ0) is 5.86. The van der Waals surface area contributed by atoms with Crippen molar-refractivity contribution >= 4 is 5.78 Å². The summed E-state index contributed by atoms with van der Waals surface area (Å²) in [4.78, 5) is 9.98. The summed E-state index contributed by atoms with van der Waals surface area (Å²) in [6, 6.07) is 0. The molecule has 0 aliphatic carbocycles. The number of rotatable bonds is 1. The summed E-state index contributed by atoms with van der Waals surface area (Å²) in [6.07, 6.45) is 1.06. The largest absolute Gasteiger partial charge is 5.00 e. The molecule has 0 saturated carbocycles. The minimum Gasteiger partial charge on any atom is -1.00 e. The van der Waals surface area contributed by atoms with Gasteiger partial charge in [-0.05, 0) is 13.0 Å². The fourth-order valence-corrected chi connectivity index (χ4v) is 0.286. The van der Waals surface area contributed by atoms with Gasteiger partial charge < -0.3 is 23.9 Å². The molecule has 72 valence electrons. The van der Waals surface area contributed by atoms with E-state index in [1.165, 1.54) is 13.8 Å². The van der Waals surface area contributed by atoms with E-state index < -0.39 is 0 Å². The molecular weight excluding hydrogens is 349 g/mol. The molecule has 0 aromatic heterocycles. The third-order valence-corrected chi connectivity index (χ3v) is 0.407. The minimum atomic E-state index is -0.187. The Morgan fingerprint density at radius 3 is 1.33 bits per heavy atom. The maximum absolute atomic E-state index is 9.98. The number of hydrogen-bond acceptors (Lipinski definition) is 2. The van der Waals surface area contributed by atoms with Gasteiger partial charge in [0.05, 0.1) is 0 Å². The Hall–Kier alpha value is -0.330. The Kier molecular flexibility index (Phi) is 77.2. The van der Waals surface area contributed by atoms with Gasteiger partial charge in [-0.2, -0.15) is 0 Å². The summed E-state index contributed by atoms with van der Waals surface area (Å²) in [5, 5.41) is 9.98. The van der Waals surface area contributed by atoms with E-state index in [0.29, 0.717) is 0 Å². The molecule has 2 nitrogen and oxygen atoms in total.